The van der Waals surface area contributed by atoms with Crippen molar-refractivity contribution in [3.8, 4) is 17.5 Å². The molecule has 0 aliphatic carbocycles. The average molecular weight is 401 g/mol. The van der Waals surface area contributed by atoms with Crippen LogP contribution in [0.3, 0.4) is 0 Å². The first kappa shape index (κ1) is 18.5. The first-order valence-electron chi connectivity index (χ1n) is 9.96. The molecule has 2 aliphatic heterocycles. The van der Waals surface area contributed by atoms with Crippen molar-refractivity contribution in [1.29, 1.82) is 5.26 Å². The van der Waals surface area contributed by atoms with Crippen molar-refractivity contribution in [3.63, 3.8) is 0 Å². The molecule has 7 heteroatoms. The number of aryl methyl sites for hydroxylation is 1. The minimum Gasteiger partial charge on any atom is -0.458 e. The number of carbonyl (C=O) groups excluding carboxylic acids is 1. The van der Waals surface area contributed by atoms with Crippen molar-refractivity contribution in [2.75, 3.05) is 0 Å². The van der Waals surface area contributed by atoms with Gasteiger partial charge >= 0.3 is 5.97 Å². The van der Waals surface area contributed by atoms with Crippen LogP contribution in [0.4, 0.5) is 0 Å². The van der Waals surface area contributed by atoms with Gasteiger partial charge in [-0.25, -0.2) is 9.78 Å². The molecule has 3 aromatic rings. The third-order valence-corrected chi connectivity index (χ3v) is 6.29. The van der Waals surface area contributed by atoms with E-state index in [1.165, 1.54) is 0 Å². The number of hydrogen-bond donors (Lipinski definition) is 1. The Bertz CT molecular complexity index is 1370. The maximum Gasteiger partial charge on any atom is 0.343 e. The Morgan fingerprint density at radius 2 is 2.10 bits per heavy atom. The van der Waals surface area contributed by atoms with Crippen molar-refractivity contribution in [2.24, 2.45) is 0 Å². The van der Waals surface area contributed by atoms with Gasteiger partial charge in [0.2, 0.25) is 0 Å². The second kappa shape index (κ2) is 6.25. The molecule has 0 saturated heterocycles. The summed E-state index contributed by atoms with van der Waals surface area (Å²) >= 11 is 0. The molecule has 0 bridgehead atoms. The number of ether oxygens (including phenoxy) is 1. The number of hydrogen-bond acceptors (Lipinski definition) is 6. The number of cyclic esters (lactones) is 1. The maximum atomic E-state index is 13.3. The molecule has 2 aliphatic rings. The number of aliphatic hydroxyl groups is 1. The Balaban J connectivity index is 1.87. The third kappa shape index (κ3) is 2.20. The van der Waals surface area contributed by atoms with Crippen LogP contribution in [0, 0.1) is 11.3 Å². The summed E-state index contributed by atoms with van der Waals surface area (Å²) < 4.78 is 6.65. The highest BCUT2D eigenvalue weighted by Gasteiger charge is 2.45. The zero-order chi connectivity index (χ0) is 21.2. The number of benzene rings is 1. The Morgan fingerprint density at radius 1 is 1.30 bits per heavy atom. The maximum absolute atomic E-state index is 13.3. The monoisotopic (exact) mass is 401 g/mol. The summed E-state index contributed by atoms with van der Waals surface area (Å²) in [4.78, 5) is 30.4. The van der Waals surface area contributed by atoms with Crippen LogP contribution in [0.1, 0.15) is 48.1 Å². The van der Waals surface area contributed by atoms with E-state index in [2.05, 4.69) is 6.07 Å². The molecule has 2 aromatic heterocycles. The van der Waals surface area contributed by atoms with Crippen LogP contribution in [0.2, 0.25) is 0 Å². The molecule has 30 heavy (non-hydrogen) atoms. The molecular weight excluding hydrogens is 382 g/mol. The third-order valence-electron chi connectivity index (χ3n) is 6.29. The number of fused-ring (bicyclic) bond motifs is 5. The van der Waals surface area contributed by atoms with Gasteiger partial charge in [-0.2, -0.15) is 5.26 Å². The standard InChI is InChI=1S/C23H19N3O4/c1-3-12-6-5-7-13-14(9-24)15-10-26-18(20(15)25-19(12)13)8-17-16(21(26)27)11-30-22(28)23(17,29)4-2/h5-8,29H,3-4,10-11H2,1-2H3/t23-/m0/s1. The summed E-state index contributed by atoms with van der Waals surface area (Å²) in [5.74, 6) is -0.752. The minimum atomic E-state index is -1.87. The smallest absolute Gasteiger partial charge is 0.343 e. The molecule has 150 valence electrons. The number of nitrogens with zero attached hydrogens (tertiary/aromatic N) is 3. The van der Waals surface area contributed by atoms with E-state index in [4.69, 9.17) is 9.72 Å². The molecule has 5 rings (SSSR count). The molecular formula is C23H19N3O4. The van der Waals surface area contributed by atoms with Gasteiger partial charge in [0.15, 0.2) is 5.60 Å². The van der Waals surface area contributed by atoms with E-state index < -0.39 is 11.6 Å². The minimum absolute atomic E-state index is 0.0865. The number of nitriles is 1. The molecule has 0 radical (unpaired) electrons. The Labute approximate surface area is 172 Å². The van der Waals surface area contributed by atoms with Crippen LogP contribution < -0.4 is 5.56 Å². The molecule has 1 aromatic carbocycles. The molecule has 4 heterocycles. The molecule has 0 fully saturated rings. The van der Waals surface area contributed by atoms with E-state index in [9.17, 15) is 20.0 Å². The van der Waals surface area contributed by atoms with E-state index in [0.717, 1.165) is 22.9 Å². The first-order valence-corrected chi connectivity index (χ1v) is 9.96. The Morgan fingerprint density at radius 3 is 2.80 bits per heavy atom. The van der Waals surface area contributed by atoms with Crippen LogP contribution in [-0.4, -0.2) is 20.6 Å². The summed E-state index contributed by atoms with van der Waals surface area (Å²) in [7, 11) is 0. The lowest BCUT2D eigenvalue weighted by Gasteiger charge is -2.31. The lowest BCUT2D eigenvalue weighted by Crippen LogP contribution is -2.44. The van der Waals surface area contributed by atoms with Crippen LogP contribution >= 0.6 is 0 Å². The summed E-state index contributed by atoms with van der Waals surface area (Å²) in [5.41, 5.74) is 2.35. The van der Waals surface area contributed by atoms with Crippen LogP contribution in [0.5, 0.6) is 0 Å². The highest BCUT2D eigenvalue weighted by atomic mass is 16.6. The predicted molar refractivity (Wildman–Crippen MR) is 109 cm³/mol. The lowest BCUT2D eigenvalue weighted by molar-refractivity contribution is -0.172. The topological polar surface area (TPSA) is 105 Å². The van der Waals surface area contributed by atoms with Gasteiger partial charge in [-0.1, -0.05) is 32.0 Å². The first-order chi connectivity index (χ1) is 14.4. The number of para-hydroxylation sites is 1. The fraction of sp³-hybridized carbons (Fsp3) is 0.304. The SMILES string of the molecule is CCc1cccc2c(C#N)c3c(nc12)-c1cc2c(c(=O)n1C3)COC(=O)[C@]2(O)CC. The van der Waals surface area contributed by atoms with Crippen LogP contribution in [0.15, 0.2) is 29.1 Å². The second-order valence-corrected chi connectivity index (χ2v) is 7.70. The molecule has 0 saturated carbocycles. The van der Waals surface area contributed by atoms with E-state index in [0.29, 0.717) is 22.5 Å². The molecule has 1 N–H and O–H groups in total. The normalized spacial score (nSPS) is 19.1. The van der Waals surface area contributed by atoms with Gasteiger partial charge in [-0.05, 0) is 24.5 Å². The number of carbonyl (C=O) groups is 1. The van der Waals surface area contributed by atoms with Gasteiger partial charge in [-0.3, -0.25) is 4.79 Å². The fourth-order valence-electron chi connectivity index (χ4n) is 4.58. The van der Waals surface area contributed by atoms with Gasteiger partial charge in [0, 0.05) is 16.5 Å². The summed E-state index contributed by atoms with van der Waals surface area (Å²) in [6.07, 6.45) is 0.843. The average Bonchev–Trinajstić information content (AvgIpc) is 3.13. The summed E-state index contributed by atoms with van der Waals surface area (Å²) in [6.45, 7) is 3.74. The van der Waals surface area contributed by atoms with E-state index >= 15 is 0 Å². The van der Waals surface area contributed by atoms with Gasteiger partial charge < -0.3 is 14.4 Å². The van der Waals surface area contributed by atoms with Crippen molar-refractivity contribution in [3.05, 3.63) is 62.4 Å². The molecule has 0 amide bonds. The Kier molecular flexibility index (Phi) is 3.86. The molecule has 1 atom stereocenters. The highest BCUT2D eigenvalue weighted by molar-refractivity contribution is 5.92. The highest BCUT2D eigenvalue weighted by Crippen LogP contribution is 2.40. The van der Waals surface area contributed by atoms with Crippen molar-refractivity contribution >= 4 is 16.9 Å². The predicted octanol–water partition coefficient (Wildman–Crippen LogP) is 2.51. The van der Waals surface area contributed by atoms with E-state index in [-0.39, 0.29) is 36.3 Å². The fourth-order valence-corrected chi connectivity index (χ4v) is 4.58. The summed E-state index contributed by atoms with van der Waals surface area (Å²) in [6, 6.07) is 9.72. The van der Waals surface area contributed by atoms with Gasteiger partial charge in [-0.15, -0.1) is 0 Å². The molecule has 0 spiro atoms. The van der Waals surface area contributed by atoms with E-state index in [1.54, 1.807) is 17.6 Å². The van der Waals surface area contributed by atoms with Gasteiger partial charge in [0.05, 0.1) is 34.6 Å². The molecule has 0 unspecified atom stereocenters. The zero-order valence-corrected chi connectivity index (χ0v) is 16.7. The zero-order valence-electron chi connectivity index (χ0n) is 16.7. The number of esters is 1. The van der Waals surface area contributed by atoms with Crippen LogP contribution in [-0.2, 0) is 34.7 Å². The van der Waals surface area contributed by atoms with Crippen LogP contribution in [0.25, 0.3) is 22.3 Å². The number of rotatable bonds is 2. The second-order valence-electron chi connectivity index (χ2n) is 7.70. The lowest BCUT2D eigenvalue weighted by atomic mass is 9.86. The largest absolute Gasteiger partial charge is 0.458 e. The van der Waals surface area contributed by atoms with Gasteiger partial charge in [0.25, 0.3) is 5.56 Å². The van der Waals surface area contributed by atoms with Crippen molar-refractivity contribution < 1.29 is 14.6 Å². The van der Waals surface area contributed by atoms with Crippen molar-refractivity contribution in [2.45, 2.75) is 45.4 Å². The van der Waals surface area contributed by atoms with E-state index in [1.807, 2.05) is 25.1 Å². The van der Waals surface area contributed by atoms with Crippen molar-refractivity contribution in [1.82, 2.24) is 9.55 Å². The Hall–Kier alpha value is -3.50. The quantitative estimate of drug-likeness (QED) is 0.518. The number of aromatic nitrogens is 2. The van der Waals surface area contributed by atoms with Gasteiger partial charge in [0.1, 0.15) is 12.7 Å². The summed E-state index contributed by atoms with van der Waals surface area (Å²) in [5, 5.41) is 21.6. The number of pyridine rings is 2. The molecule has 7 nitrogen and oxygen atoms in total.